The summed E-state index contributed by atoms with van der Waals surface area (Å²) in [5, 5.41) is 9.93. The standard InChI is InChI=1S/C19H21FN4O3/c20-13-5-6-16-12(9-13)10-24(17(25)11-27-16)8-7-21-19(26)18-14-3-1-2-4-15(14)22-23-18/h5-6,9H,1-4,7-8,10-11H2,(H,21,26)(H,22,23). The van der Waals surface area contributed by atoms with Crippen molar-refractivity contribution in [1.82, 2.24) is 20.4 Å². The highest BCUT2D eigenvalue weighted by atomic mass is 19.1. The van der Waals surface area contributed by atoms with E-state index in [0.29, 0.717) is 23.6 Å². The Hall–Kier alpha value is -2.90. The van der Waals surface area contributed by atoms with Gasteiger partial charge in [0.1, 0.15) is 11.6 Å². The van der Waals surface area contributed by atoms with E-state index in [0.717, 1.165) is 36.9 Å². The number of aryl methyl sites for hydroxylation is 1. The zero-order valence-corrected chi connectivity index (χ0v) is 14.9. The van der Waals surface area contributed by atoms with E-state index in [4.69, 9.17) is 4.74 Å². The fraction of sp³-hybridized carbons (Fsp3) is 0.421. The van der Waals surface area contributed by atoms with Gasteiger partial charge < -0.3 is 15.0 Å². The molecule has 0 radical (unpaired) electrons. The largest absolute Gasteiger partial charge is 0.483 e. The molecule has 0 atom stereocenters. The quantitative estimate of drug-likeness (QED) is 0.853. The molecule has 0 bridgehead atoms. The van der Waals surface area contributed by atoms with Crippen molar-refractivity contribution in [3.8, 4) is 5.75 Å². The van der Waals surface area contributed by atoms with Gasteiger partial charge in [0, 0.05) is 36.5 Å². The number of ether oxygens (including phenoxy) is 1. The molecular weight excluding hydrogens is 351 g/mol. The zero-order valence-electron chi connectivity index (χ0n) is 14.9. The van der Waals surface area contributed by atoms with Crippen molar-refractivity contribution in [1.29, 1.82) is 0 Å². The van der Waals surface area contributed by atoms with Crippen molar-refractivity contribution >= 4 is 11.8 Å². The number of nitrogens with zero attached hydrogens (tertiary/aromatic N) is 2. The molecule has 4 rings (SSSR count). The number of aromatic amines is 1. The third-order valence-electron chi connectivity index (χ3n) is 5.03. The fourth-order valence-electron chi connectivity index (χ4n) is 3.60. The lowest BCUT2D eigenvalue weighted by molar-refractivity contribution is -0.133. The van der Waals surface area contributed by atoms with Crippen LogP contribution in [0.4, 0.5) is 4.39 Å². The highest BCUT2D eigenvalue weighted by Crippen LogP contribution is 2.24. The SMILES string of the molecule is O=C(NCCN1Cc2cc(F)ccc2OCC1=O)c1n[nH]c2c1CCCC2. The molecule has 2 amide bonds. The van der Waals surface area contributed by atoms with Crippen LogP contribution in [0.25, 0.3) is 0 Å². The molecule has 2 N–H and O–H groups in total. The van der Waals surface area contributed by atoms with Crippen LogP contribution < -0.4 is 10.1 Å². The molecule has 0 saturated heterocycles. The highest BCUT2D eigenvalue weighted by molar-refractivity contribution is 5.94. The van der Waals surface area contributed by atoms with Crippen molar-refractivity contribution < 1.29 is 18.7 Å². The lowest BCUT2D eigenvalue weighted by Crippen LogP contribution is -2.39. The lowest BCUT2D eigenvalue weighted by Gasteiger charge is -2.20. The molecule has 0 spiro atoms. The number of fused-ring (bicyclic) bond motifs is 2. The second-order valence-corrected chi connectivity index (χ2v) is 6.85. The third kappa shape index (κ3) is 3.65. The molecule has 1 aliphatic heterocycles. The van der Waals surface area contributed by atoms with Crippen molar-refractivity contribution in [2.24, 2.45) is 0 Å². The summed E-state index contributed by atoms with van der Waals surface area (Å²) in [6, 6.07) is 4.21. The summed E-state index contributed by atoms with van der Waals surface area (Å²) in [7, 11) is 0. The molecule has 142 valence electrons. The molecular formula is C19H21FN4O3. The Balaban J connectivity index is 1.37. The molecule has 2 aliphatic rings. The van der Waals surface area contributed by atoms with Gasteiger partial charge in [0.05, 0.1) is 0 Å². The minimum atomic E-state index is -0.372. The Morgan fingerprint density at radius 2 is 2.19 bits per heavy atom. The van der Waals surface area contributed by atoms with Gasteiger partial charge in [-0.1, -0.05) is 0 Å². The number of rotatable bonds is 4. The van der Waals surface area contributed by atoms with Crippen LogP contribution in [0.2, 0.25) is 0 Å². The Bertz CT molecular complexity index is 880. The first-order chi connectivity index (χ1) is 13.1. The number of benzene rings is 1. The van der Waals surface area contributed by atoms with Crippen molar-refractivity contribution in [2.75, 3.05) is 19.7 Å². The van der Waals surface area contributed by atoms with E-state index in [2.05, 4.69) is 15.5 Å². The smallest absolute Gasteiger partial charge is 0.272 e. The summed E-state index contributed by atoms with van der Waals surface area (Å²) in [5.74, 6) is -0.292. The molecule has 8 heteroatoms. The van der Waals surface area contributed by atoms with Gasteiger partial charge in [0.25, 0.3) is 11.8 Å². The Kier molecular flexibility index (Phi) is 4.79. The van der Waals surface area contributed by atoms with Gasteiger partial charge >= 0.3 is 0 Å². The third-order valence-corrected chi connectivity index (χ3v) is 5.03. The predicted molar refractivity (Wildman–Crippen MR) is 94.9 cm³/mol. The Morgan fingerprint density at radius 3 is 3.07 bits per heavy atom. The molecule has 1 aliphatic carbocycles. The van der Waals surface area contributed by atoms with Gasteiger partial charge in [-0.3, -0.25) is 14.7 Å². The maximum Gasteiger partial charge on any atom is 0.272 e. The number of nitrogens with one attached hydrogen (secondary N) is 2. The van der Waals surface area contributed by atoms with E-state index in [1.165, 1.54) is 18.2 Å². The molecule has 1 aromatic carbocycles. The number of halogens is 1. The van der Waals surface area contributed by atoms with E-state index >= 15 is 0 Å². The molecule has 27 heavy (non-hydrogen) atoms. The first-order valence-corrected chi connectivity index (χ1v) is 9.15. The van der Waals surface area contributed by atoms with Crippen molar-refractivity contribution in [3.63, 3.8) is 0 Å². The second kappa shape index (κ2) is 7.38. The zero-order chi connectivity index (χ0) is 18.8. The second-order valence-electron chi connectivity index (χ2n) is 6.85. The van der Waals surface area contributed by atoms with Crippen LogP contribution in [-0.2, 0) is 24.2 Å². The van der Waals surface area contributed by atoms with Gasteiger partial charge in [0.15, 0.2) is 12.3 Å². The van der Waals surface area contributed by atoms with Crippen LogP contribution in [0.3, 0.4) is 0 Å². The summed E-state index contributed by atoms with van der Waals surface area (Å²) in [6.07, 6.45) is 3.95. The van der Waals surface area contributed by atoms with Gasteiger partial charge in [-0.2, -0.15) is 5.10 Å². The van der Waals surface area contributed by atoms with Gasteiger partial charge in [0.2, 0.25) is 0 Å². The van der Waals surface area contributed by atoms with E-state index in [1.54, 1.807) is 4.90 Å². The average molecular weight is 372 g/mol. The number of carbonyl (C=O) groups is 2. The summed E-state index contributed by atoms with van der Waals surface area (Å²) >= 11 is 0. The van der Waals surface area contributed by atoms with Crippen LogP contribution in [-0.4, -0.2) is 46.6 Å². The van der Waals surface area contributed by atoms with Gasteiger partial charge in [-0.15, -0.1) is 0 Å². The summed E-state index contributed by atoms with van der Waals surface area (Å²) in [6.45, 7) is 0.756. The lowest BCUT2D eigenvalue weighted by atomic mass is 9.96. The number of hydrogen-bond acceptors (Lipinski definition) is 4. The van der Waals surface area contributed by atoms with Crippen molar-refractivity contribution in [2.45, 2.75) is 32.2 Å². The van der Waals surface area contributed by atoms with Gasteiger partial charge in [-0.25, -0.2) is 4.39 Å². The number of amides is 2. The van der Waals surface area contributed by atoms with Gasteiger partial charge in [-0.05, 0) is 43.9 Å². The monoisotopic (exact) mass is 372 g/mol. The first kappa shape index (κ1) is 17.5. The van der Waals surface area contributed by atoms with Crippen LogP contribution in [0, 0.1) is 5.82 Å². The maximum absolute atomic E-state index is 13.5. The highest BCUT2D eigenvalue weighted by Gasteiger charge is 2.24. The average Bonchev–Trinajstić information content (AvgIpc) is 3.03. The minimum absolute atomic E-state index is 0.0978. The molecule has 2 heterocycles. The van der Waals surface area contributed by atoms with E-state index in [9.17, 15) is 14.0 Å². The van der Waals surface area contributed by atoms with E-state index < -0.39 is 0 Å². The topological polar surface area (TPSA) is 87.3 Å². The Labute approximate surface area is 155 Å². The van der Waals surface area contributed by atoms with Crippen LogP contribution >= 0.6 is 0 Å². The number of carbonyl (C=O) groups excluding carboxylic acids is 2. The normalized spacial score (nSPS) is 16.2. The summed E-state index contributed by atoms with van der Waals surface area (Å²) < 4.78 is 18.9. The summed E-state index contributed by atoms with van der Waals surface area (Å²) in [5.41, 5.74) is 3.11. The van der Waals surface area contributed by atoms with Crippen LogP contribution in [0.15, 0.2) is 18.2 Å². The predicted octanol–water partition coefficient (Wildman–Crippen LogP) is 1.58. The molecule has 2 aromatic rings. The molecule has 7 nitrogen and oxygen atoms in total. The fourth-order valence-corrected chi connectivity index (χ4v) is 3.60. The Morgan fingerprint density at radius 1 is 1.33 bits per heavy atom. The molecule has 0 fully saturated rings. The van der Waals surface area contributed by atoms with Crippen LogP contribution in [0.1, 0.15) is 40.2 Å². The first-order valence-electron chi connectivity index (χ1n) is 9.15. The van der Waals surface area contributed by atoms with E-state index in [-0.39, 0.29) is 37.3 Å². The summed E-state index contributed by atoms with van der Waals surface area (Å²) in [4.78, 5) is 26.2. The van der Waals surface area contributed by atoms with E-state index in [1.807, 2.05) is 0 Å². The van der Waals surface area contributed by atoms with Crippen molar-refractivity contribution in [3.05, 3.63) is 46.5 Å². The molecule has 0 saturated carbocycles. The maximum atomic E-state index is 13.5. The minimum Gasteiger partial charge on any atom is -0.483 e. The van der Waals surface area contributed by atoms with Crippen LogP contribution in [0.5, 0.6) is 5.75 Å². The number of hydrogen-bond donors (Lipinski definition) is 2. The number of H-pyrrole nitrogens is 1. The molecule has 1 aromatic heterocycles. The molecule has 0 unspecified atom stereocenters. The number of aromatic nitrogens is 2.